The highest BCUT2D eigenvalue weighted by Gasteiger charge is 2.33. The van der Waals surface area contributed by atoms with E-state index in [0.717, 1.165) is 38.8 Å². The number of hydrogen-bond donors (Lipinski definition) is 1. The summed E-state index contributed by atoms with van der Waals surface area (Å²) in [6.45, 7) is 4.94. The maximum Gasteiger partial charge on any atom is 0.226 e. The van der Waals surface area contributed by atoms with E-state index in [9.17, 15) is 9.90 Å². The maximum atomic E-state index is 12.9. The Kier molecular flexibility index (Phi) is 4.31. The van der Waals surface area contributed by atoms with Crippen LogP contribution in [0.5, 0.6) is 0 Å². The van der Waals surface area contributed by atoms with Crippen LogP contribution in [0, 0.1) is 5.92 Å². The third-order valence-electron chi connectivity index (χ3n) is 5.69. The summed E-state index contributed by atoms with van der Waals surface area (Å²) in [7, 11) is 0. The number of amides is 1. The standard InChI is InChI=1S/C20H26N4O2/c1-20(2,26)18-13-24(22-21-18)17-7-9-23(10-8-17)19(25)16-11-14-5-3-4-6-15(14)12-16/h3-6,13,16-17,26H,7-12H2,1-2H3. The molecule has 6 heteroatoms. The first kappa shape index (κ1) is 17.2. The molecule has 138 valence electrons. The van der Waals surface area contributed by atoms with Crippen LogP contribution in [0.25, 0.3) is 0 Å². The lowest BCUT2D eigenvalue weighted by Crippen LogP contribution is -2.42. The zero-order valence-corrected chi connectivity index (χ0v) is 15.4. The number of carbonyl (C=O) groups excluding carboxylic acids is 1. The Balaban J connectivity index is 1.35. The van der Waals surface area contributed by atoms with E-state index in [-0.39, 0.29) is 17.9 Å². The normalized spacial score (nSPS) is 19.0. The van der Waals surface area contributed by atoms with Gasteiger partial charge in [-0.1, -0.05) is 29.5 Å². The van der Waals surface area contributed by atoms with Gasteiger partial charge >= 0.3 is 0 Å². The molecule has 2 aliphatic rings. The fraction of sp³-hybridized carbons (Fsp3) is 0.550. The van der Waals surface area contributed by atoms with Crippen LogP contribution >= 0.6 is 0 Å². The van der Waals surface area contributed by atoms with E-state index in [0.29, 0.717) is 5.69 Å². The quantitative estimate of drug-likeness (QED) is 0.916. The van der Waals surface area contributed by atoms with Crippen LogP contribution in [0.4, 0.5) is 0 Å². The van der Waals surface area contributed by atoms with Crippen LogP contribution in [0.2, 0.25) is 0 Å². The maximum absolute atomic E-state index is 12.9. The van der Waals surface area contributed by atoms with Gasteiger partial charge in [-0.15, -0.1) is 5.10 Å². The number of rotatable bonds is 3. The molecule has 1 aliphatic heterocycles. The average Bonchev–Trinajstić information content (AvgIpc) is 3.28. The second kappa shape index (κ2) is 6.50. The van der Waals surface area contributed by atoms with Gasteiger partial charge in [0, 0.05) is 19.0 Å². The lowest BCUT2D eigenvalue weighted by atomic mass is 10.00. The van der Waals surface area contributed by atoms with Crippen LogP contribution in [0.1, 0.15) is 49.6 Å². The molecule has 0 saturated carbocycles. The van der Waals surface area contributed by atoms with Gasteiger partial charge in [0.15, 0.2) is 0 Å². The molecule has 26 heavy (non-hydrogen) atoms. The summed E-state index contributed by atoms with van der Waals surface area (Å²) in [4.78, 5) is 14.9. The predicted octanol–water partition coefficient (Wildman–Crippen LogP) is 2.08. The zero-order valence-electron chi connectivity index (χ0n) is 15.4. The molecule has 1 aromatic carbocycles. The van der Waals surface area contributed by atoms with Gasteiger partial charge in [0.1, 0.15) is 11.3 Å². The highest BCUT2D eigenvalue weighted by atomic mass is 16.3. The van der Waals surface area contributed by atoms with Crippen molar-refractivity contribution in [2.45, 2.75) is 51.2 Å². The number of aromatic nitrogens is 3. The molecule has 0 radical (unpaired) electrons. The highest BCUT2D eigenvalue weighted by molar-refractivity contribution is 5.80. The van der Waals surface area contributed by atoms with Gasteiger partial charge in [0.25, 0.3) is 0 Å². The van der Waals surface area contributed by atoms with Gasteiger partial charge in [-0.05, 0) is 50.7 Å². The van der Waals surface area contributed by atoms with Crippen molar-refractivity contribution in [1.82, 2.24) is 19.9 Å². The molecule has 1 amide bonds. The topological polar surface area (TPSA) is 71.2 Å². The van der Waals surface area contributed by atoms with Crippen molar-refractivity contribution < 1.29 is 9.90 Å². The third-order valence-corrected chi connectivity index (χ3v) is 5.69. The minimum Gasteiger partial charge on any atom is -0.384 e. The van der Waals surface area contributed by atoms with Crippen molar-refractivity contribution in [2.24, 2.45) is 5.92 Å². The fourth-order valence-electron chi connectivity index (χ4n) is 4.08. The first-order chi connectivity index (χ1) is 12.4. The molecule has 0 unspecified atom stereocenters. The summed E-state index contributed by atoms with van der Waals surface area (Å²) in [5.41, 5.74) is 2.25. The largest absolute Gasteiger partial charge is 0.384 e. The summed E-state index contributed by atoms with van der Waals surface area (Å²) >= 11 is 0. The number of fused-ring (bicyclic) bond motifs is 1. The number of benzene rings is 1. The Morgan fingerprint density at radius 3 is 2.31 bits per heavy atom. The Hall–Kier alpha value is -2.21. The van der Waals surface area contributed by atoms with Gasteiger partial charge in [-0.2, -0.15) is 0 Å². The van der Waals surface area contributed by atoms with Crippen molar-refractivity contribution in [3.63, 3.8) is 0 Å². The van der Waals surface area contributed by atoms with Gasteiger partial charge < -0.3 is 10.0 Å². The summed E-state index contributed by atoms with van der Waals surface area (Å²) in [5, 5.41) is 18.3. The molecule has 1 aromatic heterocycles. The molecule has 4 rings (SSSR count). The number of nitrogens with zero attached hydrogens (tertiary/aromatic N) is 4. The van der Waals surface area contributed by atoms with E-state index in [4.69, 9.17) is 0 Å². The minimum absolute atomic E-state index is 0.0945. The van der Waals surface area contributed by atoms with Crippen molar-refractivity contribution in [3.05, 3.63) is 47.3 Å². The van der Waals surface area contributed by atoms with E-state index in [1.54, 1.807) is 13.8 Å². The van der Waals surface area contributed by atoms with Crippen molar-refractivity contribution in [3.8, 4) is 0 Å². The van der Waals surface area contributed by atoms with E-state index >= 15 is 0 Å². The Morgan fingerprint density at radius 1 is 1.15 bits per heavy atom. The fourth-order valence-corrected chi connectivity index (χ4v) is 4.08. The smallest absolute Gasteiger partial charge is 0.226 e. The van der Waals surface area contributed by atoms with Crippen LogP contribution in [-0.4, -0.2) is 44.0 Å². The minimum atomic E-state index is -0.980. The average molecular weight is 354 g/mol. The lowest BCUT2D eigenvalue weighted by Gasteiger charge is -2.33. The molecule has 0 spiro atoms. The van der Waals surface area contributed by atoms with Crippen LogP contribution in [0.3, 0.4) is 0 Å². The SMILES string of the molecule is CC(C)(O)c1cn(C2CCN(C(=O)C3Cc4ccccc4C3)CC2)nn1. The number of likely N-dealkylation sites (tertiary alicyclic amines) is 1. The summed E-state index contributed by atoms with van der Waals surface area (Å²) in [6, 6.07) is 8.62. The Morgan fingerprint density at radius 2 is 1.77 bits per heavy atom. The van der Waals surface area contributed by atoms with Crippen molar-refractivity contribution >= 4 is 5.91 Å². The van der Waals surface area contributed by atoms with Crippen LogP contribution in [0.15, 0.2) is 30.5 Å². The number of aliphatic hydroxyl groups is 1. The molecule has 1 fully saturated rings. The molecule has 6 nitrogen and oxygen atoms in total. The molecular formula is C20H26N4O2. The lowest BCUT2D eigenvalue weighted by molar-refractivity contribution is -0.136. The predicted molar refractivity (Wildman–Crippen MR) is 97.5 cm³/mol. The summed E-state index contributed by atoms with van der Waals surface area (Å²) in [5.74, 6) is 0.382. The van der Waals surface area contributed by atoms with Gasteiger partial charge in [0.05, 0.1) is 12.2 Å². The number of hydrogen-bond acceptors (Lipinski definition) is 4. The second-order valence-corrected chi connectivity index (χ2v) is 8.07. The Labute approximate surface area is 153 Å². The van der Waals surface area contributed by atoms with E-state index < -0.39 is 5.60 Å². The third kappa shape index (κ3) is 3.26. The second-order valence-electron chi connectivity index (χ2n) is 8.07. The molecule has 1 saturated heterocycles. The Bertz CT molecular complexity index is 775. The molecule has 2 heterocycles. The van der Waals surface area contributed by atoms with E-state index in [1.807, 2.05) is 15.8 Å². The van der Waals surface area contributed by atoms with Crippen molar-refractivity contribution in [1.29, 1.82) is 0 Å². The first-order valence-electron chi connectivity index (χ1n) is 9.42. The van der Waals surface area contributed by atoms with E-state index in [1.165, 1.54) is 11.1 Å². The molecule has 1 aliphatic carbocycles. The monoisotopic (exact) mass is 354 g/mol. The molecule has 0 bridgehead atoms. The van der Waals surface area contributed by atoms with Crippen LogP contribution in [-0.2, 0) is 23.2 Å². The summed E-state index contributed by atoms with van der Waals surface area (Å²) in [6.07, 6.45) is 5.32. The number of piperidine rings is 1. The van der Waals surface area contributed by atoms with Gasteiger partial charge in [0.2, 0.25) is 5.91 Å². The van der Waals surface area contributed by atoms with Gasteiger partial charge in [-0.3, -0.25) is 4.79 Å². The number of carbonyl (C=O) groups is 1. The van der Waals surface area contributed by atoms with Crippen LogP contribution < -0.4 is 0 Å². The molecule has 1 N–H and O–H groups in total. The van der Waals surface area contributed by atoms with Gasteiger partial charge in [-0.25, -0.2) is 4.68 Å². The zero-order chi connectivity index (χ0) is 18.3. The molecular weight excluding hydrogens is 328 g/mol. The van der Waals surface area contributed by atoms with E-state index in [2.05, 4.69) is 34.6 Å². The molecule has 2 aromatic rings. The summed E-state index contributed by atoms with van der Waals surface area (Å²) < 4.78 is 1.85. The highest BCUT2D eigenvalue weighted by Crippen LogP contribution is 2.30. The first-order valence-corrected chi connectivity index (χ1v) is 9.42. The molecule has 0 atom stereocenters. The van der Waals surface area contributed by atoms with Crippen molar-refractivity contribution in [2.75, 3.05) is 13.1 Å².